The molecule has 0 aromatic carbocycles. The molecule has 1 spiro atoms. The van der Waals surface area contributed by atoms with Crippen molar-refractivity contribution in [1.82, 2.24) is 9.80 Å². The van der Waals surface area contributed by atoms with Crippen LogP contribution in [-0.4, -0.2) is 81.6 Å². The number of hydrogen-bond acceptors (Lipinski definition) is 6. The molecule has 6 atom stereocenters. The van der Waals surface area contributed by atoms with Gasteiger partial charge in [-0.2, -0.15) is 0 Å². The lowest BCUT2D eigenvalue weighted by molar-refractivity contribution is -0.154. The van der Waals surface area contributed by atoms with E-state index in [9.17, 15) is 19.5 Å². The van der Waals surface area contributed by atoms with Crippen molar-refractivity contribution in [1.29, 1.82) is 0 Å². The first-order valence-corrected chi connectivity index (χ1v) is 11.9. The zero-order valence-electron chi connectivity index (χ0n) is 18.2. The zero-order chi connectivity index (χ0) is 22.1. The summed E-state index contributed by atoms with van der Waals surface area (Å²) in [4.78, 5) is 43.4. The minimum Gasteiger partial charge on any atom is -0.466 e. The summed E-state index contributed by atoms with van der Waals surface area (Å²) in [5.41, 5.74) is 0. The van der Waals surface area contributed by atoms with Crippen molar-refractivity contribution in [2.24, 2.45) is 17.8 Å². The van der Waals surface area contributed by atoms with Crippen LogP contribution < -0.4 is 0 Å². The molecule has 3 rings (SSSR count). The number of ether oxygens (including phenoxy) is 1. The molecule has 3 fully saturated rings. The highest BCUT2D eigenvalue weighted by Crippen LogP contribution is 2.68. The number of nitrogens with zero attached hydrogens (tertiary/aromatic N) is 2. The van der Waals surface area contributed by atoms with E-state index >= 15 is 0 Å². The van der Waals surface area contributed by atoms with E-state index in [4.69, 9.17) is 4.74 Å². The molecular formula is C22H34N2O5S. The van der Waals surface area contributed by atoms with Crippen LogP contribution in [0, 0.1) is 17.8 Å². The maximum atomic E-state index is 13.8. The van der Waals surface area contributed by atoms with Gasteiger partial charge in [0.1, 0.15) is 6.04 Å². The molecule has 0 aromatic heterocycles. The van der Waals surface area contributed by atoms with Crippen molar-refractivity contribution in [3.05, 3.63) is 12.7 Å². The zero-order valence-corrected chi connectivity index (χ0v) is 19.0. The maximum Gasteiger partial charge on any atom is 0.310 e. The summed E-state index contributed by atoms with van der Waals surface area (Å²) in [6.45, 7) is 10.9. The van der Waals surface area contributed by atoms with E-state index < -0.39 is 22.6 Å². The average molecular weight is 439 g/mol. The number of aliphatic hydroxyl groups is 1. The van der Waals surface area contributed by atoms with E-state index in [0.29, 0.717) is 13.1 Å². The highest BCUT2D eigenvalue weighted by atomic mass is 32.2. The molecule has 3 aliphatic rings. The number of rotatable bonds is 10. The Bertz CT molecular complexity index is 701. The third-order valence-electron chi connectivity index (χ3n) is 6.82. The molecule has 2 amide bonds. The van der Waals surface area contributed by atoms with Gasteiger partial charge < -0.3 is 19.6 Å². The Kier molecular flexibility index (Phi) is 7.17. The quantitative estimate of drug-likeness (QED) is 0.413. The van der Waals surface area contributed by atoms with Crippen LogP contribution in [0.15, 0.2) is 12.7 Å². The molecule has 3 unspecified atom stereocenters. The van der Waals surface area contributed by atoms with Gasteiger partial charge in [0.15, 0.2) is 0 Å². The van der Waals surface area contributed by atoms with E-state index in [2.05, 4.69) is 20.4 Å². The van der Waals surface area contributed by atoms with Crippen LogP contribution >= 0.6 is 11.8 Å². The molecule has 7 nitrogen and oxygen atoms in total. The molecule has 3 heterocycles. The van der Waals surface area contributed by atoms with E-state index in [1.807, 2.05) is 0 Å². The van der Waals surface area contributed by atoms with Crippen LogP contribution in [0.5, 0.6) is 0 Å². The van der Waals surface area contributed by atoms with Gasteiger partial charge in [-0.25, -0.2) is 0 Å². The first kappa shape index (κ1) is 23.1. The first-order valence-electron chi connectivity index (χ1n) is 11.0. The smallest absolute Gasteiger partial charge is 0.310 e. The van der Waals surface area contributed by atoms with Crippen molar-refractivity contribution < 1.29 is 24.2 Å². The second-order valence-electron chi connectivity index (χ2n) is 8.49. The Balaban J connectivity index is 2.03. The van der Waals surface area contributed by atoms with Crippen molar-refractivity contribution >= 4 is 29.5 Å². The predicted octanol–water partition coefficient (Wildman–Crippen LogP) is 1.69. The van der Waals surface area contributed by atoms with Gasteiger partial charge in [-0.3, -0.25) is 14.4 Å². The lowest BCUT2D eigenvalue weighted by Crippen LogP contribution is -2.57. The minimum absolute atomic E-state index is 0.0110. The first-order chi connectivity index (χ1) is 14.4. The number of hydrogen-bond donors (Lipinski definition) is 1. The van der Waals surface area contributed by atoms with Crippen LogP contribution in [0.25, 0.3) is 0 Å². The molecule has 0 radical (unpaired) electrons. The summed E-state index contributed by atoms with van der Waals surface area (Å²) >= 11 is 1.63. The number of carbonyl (C=O) groups is 3. The van der Waals surface area contributed by atoms with Gasteiger partial charge in [-0.1, -0.05) is 26.3 Å². The molecule has 168 valence electrons. The summed E-state index contributed by atoms with van der Waals surface area (Å²) in [5, 5.41) is 9.64. The monoisotopic (exact) mass is 438 g/mol. The second-order valence-corrected chi connectivity index (χ2v) is 10.0. The number of fused-ring (bicyclic) bond motifs is 1. The molecule has 0 saturated carbocycles. The van der Waals surface area contributed by atoms with Gasteiger partial charge in [-0.15, -0.1) is 18.3 Å². The fourth-order valence-corrected chi connectivity index (χ4v) is 8.03. The summed E-state index contributed by atoms with van der Waals surface area (Å²) in [5.74, 6) is -1.63. The van der Waals surface area contributed by atoms with Crippen LogP contribution in [0.4, 0.5) is 0 Å². The topological polar surface area (TPSA) is 87.2 Å². The van der Waals surface area contributed by atoms with Gasteiger partial charge >= 0.3 is 5.97 Å². The third-order valence-corrected chi connectivity index (χ3v) is 8.90. The van der Waals surface area contributed by atoms with Crippen LogP contribution in [0.3, 0.4) is 0 Å². The number of likely N-dealkylation sites (tertiary alicyclic amines) is 1. The van der Waals surface area contributed by atoms with E-state index in [-0.39, 0.29) is 48.7 Å². The second kappa shape index (κ2) is 9.30. The Hall–Kier alpha value is -1.54. The number of carbonyl (C=O) groups excluding carboxylic acids is 3. The fraction of sp³-hybridized carbons (Fsp3) is 0.773. The van der Waals surface area contributed by atoms with Gasteiger partial charge in [0.2, 0.25) is 11.8 Å². The molecular weight excluding hydrogens is 404 g/mol. The highest BCUT2D eigenvalue weighted by molar-refractivity contribution is 8.02. The van der Waals surface area contributed by atoms with Gasteiger partial charge in [-0.05, 0) is 25.7 Å². The van der Waals surface area contributed by atoms with Gasteiger partial charge in [0, 0.05) is 24.9 Å². The normalized spacial score (nSPS) is 34.2. The standard InChI is InChI=1S/C22H34N2O5S/c1-5-8-10-23(9-6-2)20(27)18-22-14(4)13-15(30-22)16(21(28)29-7-3)17(22)19(26)24(18)11-12-25/h6,14-18,25H,2,5,7-13H2,1,3-4H3/t14?,15-,16+,17-,18?,22?/m0/s1. The third kappa shape index (κ3) is 3.45. The summed E-state index contributed by atoms with van der Waals surface area (Å²) in [6, 6.07) is -0.677. The van der Waals surface area contributed by atoms with Crippen molar-refractivity contribution in [2.45, 2.75) is 56.1 Å². The van der Waals surface area contributed by atoms with Crippen molar-refractivity contribution in [2.75, 3.05) is 32.8 Å². The molecule has 2 bridgehead atoms. The minimum atomic E-state index is -0.677. The number of thioether (sulfide) groups is 1. The van der Waals surface area contributed by atoms with E-state index in [1.165, 1.54) is 4.90 Å². The average Bonchev–Trinajstić information content (AvgIpc) is 3.30. The lowest BCUT2D eigenvalue weighted by atomic mass is 9.66. The number of unbranched alkanes of at least 4 members (excludes halogenated alkanes) is 1. The van der Waals surface area contributed by atoms with Crippen molar-refractivity contribution in [3.8, 4) is 0 Å². The largest absolute Gasteiger partial charge is 0.466 e. The number of amides is 2. The van der Waals surface area contributed by atoms with E-state index in [0.717, 1.165) is 19.3 Å². The SMILES string of the molecule is C=CCN(CCCC)C(=O)C1N(CCO)C(=O)[C@@H]2[C@H](C(=O)OCC)[C@@H]3CC(C)C12S3. The number of aliphatic hydroxyl groups excluding tert-OH is 1. The Morgan fingerprint density at radius 2 is 2.17 bits per heavy atom. The molecule has 8 heteroatoms. The van der Waals surface area contributed by atoms with E-state index in [1.54, 1.807) is 29.7 Å². The van der Waals surface area contributed by atoms with Gasteiger partial charge in [0.25, 0.3) is 0 Å². The fourth-order valence-electron chi connectivity index (χ4n) is 5.62. The van der Waals surface area contributed by atoms with Crippen molar-refractivity contribution in [3.63, 3.8) is 0 Å². The molecule has 30 heavy (non-hydrogen) atoms. The molecule has 3 aliphatic heterocycles. The summed E-state index contributed by atoms with van der Waals surface area (Å²) in [7, 11) is 0. The van der Waals surface area contributed by atoms with Crippen LogP contribution in [0.1, 0.15) is 40.0 Å². The Morgan fingerprint density at radius 3 is 2.77 bits per heavy atom. The summed E-state index contributed by atoms with van der Waals surface area (Å²) in [6.07, 6.45) is 4.31. The Labute approximate surface area is 183 Å². The molecule has 0 aliphatic carbocycles. The maximum absolute atomic E-state index is 13.8. The van der Waals surface area contributed by atoms with Crippen LogP contribution in [-0.2, 0) is 19.1 Å². The molecule has 1 N–H and O–H groups in total. The predicted molar refractivity (Wildman–Crippen MR) is 116 cm³/mol. The summed E-state index contributed by atoms with van der Waals surface area (Å²) < 4.78 is 4.66. The number of esters is 1. The van der Waals surface area contributed by atoms with Crippen LogP contribution in [0.2, 0.25) is 0 Å². The molecule has 0 aromatic rings. The molecule has 3 saturated heterocycles. The number of β-amino-alcohol motifs (C(OH)–C–C–N with tert-alkyl or cyclic N) is 1. The highest BCUT2D eigenvalue weighted by Gasteiger charge is 2.76. The lowest BCUT2D eigenvalue weighted by Gasteiger charge is -2.40. The Morgan fingerprint density at radius 1 is 1.43 bits per heavy atom. The van der Waals surface area contributed by atoms with Gasteiger partial charge in [0.05, 0.1) is 29.8 Å².